The fourth-order valence-corrected chi connectivity index (χ4v) is 2.54. The van der Waals surface area contributed by atoms with E-state index in [4.69, 9.17) is 0 Å². The van der Waals surface area contributed by atoms with Gasteiger partial charge in [0.2, 0.25) is 5.91 Å². The topological polar surface area (TPSA) is 70.2 Å². The Hall–Kier alpha value is -2.04. The van der Waals surface area contributed by atoms with Gasteiger partial charge in [-0.1, -0.05) is 19.9 Å². The highest BCUT2D eigenvalue weighted by Crippen LogP contribution is 2.37. The van der Waals surface area contributed by atoms with Gasteiger partial charge in [-0.05, 0) is 29.5 Å². The van der Waals surface area contributed by atoms with E-state index in [9.17, 15) is 9.59 Å². The number of urea groups is 1. The molecule has 0 saturated heterocycles. The smallest absolute Gasteiger partial charge is 0.319 e. The van der Waals surface area contributed by atoms with Gasteiger partial charge in [0.1, 0.15) is 0 Å². The van der Waals surface area contributed by atoms with Gasteiger partial charge in [-0.15, -0.1) is 0 Å². The van der Waals surface area contributed by atoms with Gasteiger partial charge in [0.15, 0.2) is 0 Å². The van der Waals surface area contributed by atoms with Crippen LogP contribution in [0.15, 0.2) is 18.2 Å². The highest BCUT2D eigenvalue weighted by Gasteiger charge is 2.43. The van der Waals surface area contributed by atoms with Crippen LogP contribution in [0, 0.1) is 11.8 Å². The van der Waals surface area contributed by atoms with Crippen molar-refractivity contribution in [3.05, 3.63) is 23.8 Å². The Morgan fingerprint density at radius 2 is 2.05 bits per heavy atom. The molecule has 100 valence electrons. The second-order valence-corrected chi connectivity index (χ2v) is 5.44. The Bertz CT molecular complexity index is 548. The molecular weight excluding hydrogens is 242 g/mol. The zero-order valence-corrected chi connectivity index (χ0v) is 11.0. The maximum absolute atomic E-state index is 11.8. The van der Waals surface area contributed by atoms with Crippen molar-refractivity contribution < 1.29 is 9.59 Å². The van der Waals surface area contributed by atoms with E-state index in [1.54, 1.807) is 6.07 Å². The maximum atomic E-state index is 11.8. The summed E-state index contributed by atoms with van der Waals surface area (Å²) < 4.78 is 0. The molecule has 2 atom stereocenters. The first-order valence-corrected chi connectivity index (χ1v) is 6.55. The van der Waals surface area contributed by atoms with Crippen LogP contribution in [0.4, 0.5) is 16.2 Å². The van der Waals surface area contributed by atoms with Gasteiger partial charge < -0.3 is 16.0 Å². The molecule has 0 bridgehead atoms. The molecular formula is C14H17N3O2. The Labute approximate surface area is 111 Å². The predicted molar refractivity (Wildman–Crippen MR) is 73.0 cm³/mol. The highest BCUT2D eigenvalue weighted by molar-refractivity contribution is 6.00. The summed E-state index contributed by atoms with van der Waals surface area (Å²) in [6.07, 6.45) is 0.416. The normalized spacial score (nSPS) is 27.5. The van der Waals surface area contributed by atoms with Crippen LogP contribution in [-0.4, -0.2) is 18.0 Å². The number of hydrogen-bond acceptors (Lipinski definition) is 2. The Kier molecular flexibility index (Phi) is 2.69. The molecule has 3 N–H and O–H groups in total. The molecule has 0 aromatic heterocycles. The molecule has 1 saturated carbocycles. The first kappa shape index (κ1) is 12.0. The van der Waals surface area contributed by atoms with Crippen LogP contribution >= 0.6 is 0 Å². The number of hydrogen-bond donors (Lipinski definition) is 3. The third-order valence-corrected chi connectivity index (χ3v) is 4.11. The molecule has 1 aromatic rings. The molecule has 2 aliphatic rings. The van der Waals surface area contributed by atoms with Gasteiger partial charge in [0.05, 0.1) is 6.42 Å². The van der Waals surface area contributed by atoms with E-state index in [1.165, 1.54) is 0 Å². The fraction of sp³-hybridized carbons (Fsp3) is 0.429. The van der Waals surface area contributed by atoms with Crippen molar-refractivity contribution in [3.63, 3.8) is 0 Å². The van der Waals surface area contributed by atoms with Crippen molar-refractivity contribution in [3.8, 4) is 0 Å². The van der Waals surface area contributed by atoms with Crippen LogP contribution in [0.5, 0.6) is 0 Å². The van der Waals surface area contributed by atoms with E-state index in [2.05, 4.69) is 29.8 Å². The van der Waals surface area contributed by atoms with Crippen LogP contribution < -0.4 is 16.0 Å². The Balaban J connectivity index is 1.63. The summed E-state index contributed by atoms with van der Waals surface area (Å²) in [4.78, 5) is 23.1. The van der Waals surface area contributed by atoms with Crippen LogP contribution in [0.2, 0.25) is 0 Å². The minimum absolute atomic E-state index is 0.00256. The van der Waals surface area contributed by atoms with Gasteiger partial charge in [0, 0.05) is 17.4 Å². The summed E-state index contributed by atoms with van der Waals surface area (Å²) >= 11 is 0. The third kappa shape index (κ3) is 2.28. The molecule has 1 aliphatic heterocycles. The van der Waals surface area contributed by atoms with E-state index < -0.39 is 0 Å². The quantitative estimate of drug-likeness (QED) is 0.759. The lowest BCUT2D eigenvalue weighted by Gasteiger charge is -2.08. The Morgan fingerprint density at radius 1 is 1.32 bits per heavy atom. The fourth-order valence-electron chi connectivity index (χ4n) is 2.54. The molecule has 19 heavy (non-hydrogen) atoms. The minimum Gasteiger partial charge on any atom is -0.335 e. The predicted octanol–water partition coefficient (Wildman–Crippen LogP) is 1.96. The number of carbonyl (C=O) groups excluding carboxylic acids is 2. The van der Waals surface area contributed by atoms with E-state index in [-0.39, 0.29) is 18.0 Å². The SMILES string of the molecule is C[C@H]1C(NC(=O)Nc2ccc3c(c2)NC(=O)C3)[C@@H]1C. The lowest BCUT2D eigenvalue weighted by molar-refractivity contribution is -0.115. The lowest BCUT2D eigenvalue weighted by atomic mass is 10.1. The molecule has 3 amide bonds. The molecule has 0 spiro atoms. The second kappa shape index (κ2) is 4.26. The summed E-state index contributed by atoms with van der Waals surface area (Å²) in [6, 6.07) is 5.56. The summed E-state index contributed by atoms with van der Waals surface area (Å²) in [5, 5.41) is 8.51. The van der Waals surface area contributed by atoms with Crippen molar-refractivity contribution >= 4 is 23.3 Å². The van der Waals surface area contributed by atoms with E-state index in [0.717, 1.165) is 11.3 Å². The molecule has 1 heterocycles. The molecule has 0 radical (unpaired) electrons. The van der Waals surface area contributed by atoms with E-state index >= 15 is 0 Å². The maximum Gasteiger partial charge on any atom is 0.319 e. The number of benzene rings is 1. The molecule has 5 nitrogen and oxygen atoms in total. The third-order valence-electron chi connectivity index (χ3n) is 4.11. The number of rotatable bonds is 2. The monoisotopic (exact) mass is 259 g/mol. The van der Waals surface area contributed by atoms with Gasteiger partial charge in [-0.2, -0.15) is 0 Å². The van der Waals surface area contributed by atoms with Crippen molar-refractivity contribution in [2.45, 2.75) is 26.3 Å². The van der Waals surface area contributed by atoms with Crippen LogP contribution in [0.1, 0.15) is 19.4 Å². The average Bonchev–Trinajstić information content (AvgIpc) is 2.76. The number of carbonyl (C=O) groups is 2. The van der Waals surface area contributed by atoms with Gasteiger partial charge >= 0.3 is 6.03 Å². The number of fused-ring (bicyclic) bond motifs is 1. The van der Waals surface area contributed by atoms with Crippen LogP contribution in [-0.2, 0) is 11.2 Å². The molecule has 1 fully saturated rings. The average molecular weight is 259 g/mol. The number of amides is 3. The van der Waals surface area contributed by atoms with E-state index in [1.807, 2.05) is 12.1 Å². The molecule has 1 aliphatic carbocycles. The first-order chi connectivity index (χ1) is 9.04. The summed E-state index contributed by atoms with van der Waals surface area (Å²) in [7, 11) is 0. The molecule has 5 heteroatoms. The van der Waals surface area contributed by atoms with Crippen molar-refractivity contribution in [2.24, 2.45) is 11.8 Å². The second-order valence-electron chi connectivity index (χ2n) is 5.44. The van der Waals surface area contributed by atoms with E-state index in [0.29, 0.717) is 23.9 Å². The molecule has 3 rings (SSSR count). The van der Waals surface area contributed by atoms with Crippen molar-refractivity contribution in [2.75, 3.05) is 10.6 Å². The van der Waals surface area contributed by atoms with Gasteiger partial charge in [-0.25, -0.2) is 4.79 Å². The summed E-state index contributed by atoms with van der Waals surface area (Å²) in [5.41, 5.74) is 2.45. The van der Waals surface area contributed by atoms with Crippen LogP contribution in [0.25, 0.3) is 0 Å². The summed E-state index contributed by atoms with van der Waals surface area (Å²) in [6.45, 7) is 4.25. The standard InChI is InChI=1S/C14H17N3O2/c1-7-8(2)13(7)17-14(19)15-10-4-3-9-5-12(18)16-11(9)6-10/h3-4,6-8,13H,5H2,1-2H3,(H,16,18)(H2,15,17,19)/t7-,8-/m1/s1. The van der Waals surface area contributed by atoms with Crippen molar-refractivity contribution in [1.82, 2.24) is 5.32 Å². The summed E-state index contributed by atoms with van der Waals surface area (Å²) in [5.74, 6) is 1.09. The van der Waals surface area contributed by atoms with Crippen LogP contribution in [0.3, 0.4) is 0 Å². The molecule has 1 aromatic carbocycles. The zero-order valence-electron chi connectivity index (χ0n) is 11.0. The number of nitrogens with one attached hydrogen (secondary N) is 3. The minimum atomic E-state index is -0.189. The largest absolute Gasteiger partial charge is 0.335 e. The van der Waals surface area contributed by atoms with Gasteiger partial charge in [-0.3, -0.25) is 4.79 Å². The van der Waals surface area contributed by atoms with Crippen molar-refractivity contribution in [1.29, 1.82) is 0 Å². The molecule has 0 unspecified atom stereocenters. The van der Waals surface area contributed by atoms with Gasteiger partial charge in [0.25, 0.3) is 0 Å². The number of anilines is 2. The highest BCUT2D eigenvalue weighted by atomic mass is 16.2. The Morgan fingerprint density at radius 3 is 2.74 bits per heavy atom. The zero-order chi connectivity index (χ0) is 13.6. The lowest BCUT2D eigenvalue weighted by Crippen LogP contribution is -2.31. The first-order valence-electron chi connectivity index (χ1n) is 6.55.